The molecule has 1 saturated heterocycles. The van der Waals surface area contributed by atoms with Crippen molar-refractivity contribution in [1.82, 2.24) is 19.9 Å². The van der Waals surface area contributed by atoms with Gasteiger partial charge in [0.1, 0.15) is 0 Å². The Balaban J connectivity index is 1.54. The Morgan fingerprint density at radius 2 is 2.30 bits per heavy atom. The Hall–Kier alpha value is -1.78. The lowest BCUT2D eigenvalue weighted by Gasteiger charge is -2.27. The summed E-state index contributed by atoms with van der Waals surface area (Å²) in [5.74, 6) is 0.840. The van der Waals surface area contributed by atoms with Crippen molar-refractivity contribution < 1.29 is 8.78 Å². The van der Waals surface area contributed by atoms with Crippen molar-refractivity contribution in [3.63, 3.8) is 0 Å². The smallest absolute Gasteiger partial charge is 0.312 e. The van der Waals surface area contributed by atoms with Gasteiger partial charge in [-0.3, -0.25) is 9.71 Å². The summed E-state index contributed by atoms with van der Waals surface area (Å²) in [5, 5.41) is 13.7. The topological polar surface area (TPSA) is 76.4 Å². The van der Waals surface area contributed by atoms with Crippen LogP contribution in [-0.4, -0.2) is 52.4 Å². The molecule has 3 N–H and O–H groups in total. The normalized spacial score (nSPS) is 22.6. The second-order valence-electron chi connectivity index (χ2n) is 6.56. The van der Waals surface area contributed by atoms with Crippen molar-refractivity contribution in [2.45, 2.75) is 37.1 Å². The van der Waals surface area contributed by atoms with Gasteiger partial charge in [-0.2, -0.15) is 8.78 Å². The standard InChI is InChI=1S/C17H20F2N6S2/c18-17(19)22-4-3-13(20)12-8-23-15(16-21-5-6-26-16)25-9-10(7-14(12)25)24-27-11-1-2-11/h3-6,10-11,17,20,22,24H,1-2,7-9H2/b4-3-,20-13?. The predicted molar refractivity (Wildman–Crippen MR) is 105 cm³/mol. The first-order valence-electron chi connectivity index (χ1n) is 8.76. The quantitative estimate of drug-likeness (QED) is 0.349. The third kappa shape index (κ3) is 4.39. The van der Waals surface area contributed by atoms with Gasteiger partial charge in [-0.05, 0) is 18.9 Å². The van der Waals surface area contributed by atoms with Crippen molar-refractivity contribution in [2.24, 2.45) is 4.99 Å². The summed E-state index contributed by atoms with van der Waals surface area (Å²) in [6.45, 7) is -1.51. The van der Waals surface area contributed by atoms with E-state index in [0.717, 1.165) is 41.3 Å². The number of rotatable bonds is 8. The Labute approximate surface area is 164 Å². The fraction of sp³-hybridized carbons (Fsp3) is 0.471. The number of nitrogens with zero attached hydrogens (tertiary/aromatic N) is 3. The minimum atomic E-state index is -2.64. The van der Waals surface area contributed by atoms with Crippen molar-refractivity contribution in [3.05, 3.63) is 40.1 Å². The summed E-state index contributed by atoms with van der Waals surface area (Å²) in [6.07, 6.45) is 7.57. The molecule has 0 radical (unpaired) electrons. The number of amidine groups is 1. The molecule has 27 heavy (non-hydrogen) atoms. The molecular weight excluding hydrogens is 390 g/mol. The first-order valence-corrected chi connectivity index (χ1v) is 10.5. The maximum Gasteiger partial charge on any atom is 0.312 e. The van der Waals surface area contributed by atoms with Gasteiger partial charge in [-0.1, -0.05) is 11.9 Å². The summed E-state index contributed by atoms with van der Waals surface area (Å²) >= 11 is 3.34. The summed E-state index contributed by atoms with van der Waals surface area (Å²) in [6, 6.07) is 0.264. The number of aliphatic imine (C=N–C) groups is 1. The maximum absolute atomic E-state index is 12.3. The van der Waals surface area contributed by atoms with E-state index in [2.05, 4.69) is 19.6 Å². The third-order valence-electron chi connectivity index (χ3n) is 4.51. The second-order valence-corrected chi connectivity index (χ2v) is 8.60. The average Bonchev–Trinajstić information content (AvgIpc) is 3.14. The van der Waals surface area contributed by atoms with Crippen molar-refractivity contribution in [2.75, 3.05) is 13.1 Å². The minimum absolute atomic E-state index is 0.209. The fourth-order valence-corrected chi connectivity index (χ4v) is 4.66. The maximum atomic E-state index is 12.3. The summed E-state index contributed by atoms with van der Waals surface area (Å²) in [5.41, 5.74) is 2.03. The SMILES string of the molecule is N=C(/C=C\NC(F)F)C1=C2CC(NSC3CC3)CN2C(c2nccs2)=NC1. The molecular formula is C17H20F2N6S2. The molecule has 0 spiro atoms. The molecule has 1 atom stereocenters. The highest BCUT2D eigenvalue weighted by Crippen LogP contribution is 2.36. The molecule has 2 fully saturated rings. The van der Waals surface area contributed by atoms with Crippen molar-refractivity contribution >= 4 is 34.8 Å². The van der Waals surface area contributed by atoms with Crippen LogP contribution in [0.15, 0.2) is 40.1 Å². The molecule has 10 heteroatoms. The first kappa shape index (κ1) is 18.6. The molecule has 1 unspecified atom stereocenters. The van der Waals surface area contributed by atoms with E-state index in [0.29, 0.717) is 11.8 Å². The summed E-state index contributed by atoms with van der Waals surface area (Å²) < 4.78 is 28.1. The fourth-order valence-electron chi connectivity index (χ4n) is 3.09. The Morgan fingerprint density at radius 1 is 1.44 bits per heavy atom. The monoisotopic (exact) mass is 410 g/mol. The number of allylic oxidation sites excluding steroid dienone is 1. The van der Waals surface area contributed by atoms with Crippen LogP contribution < -0.4 is 10.0 Å². The number of thiazole rings is 1. The number of aromatic nitrogens is 1. The van der Waals surface area contributed by atoms with Crippen LogP contribution in [0.4, 0.5) is 8.78 Å². The van der Waals surface area contributed by atoms with Crippen molar-refractivity contribution in [1.29, 1.82) is 5.41 Å². The van der Waals surface area contributed by atoms with E-state index < -0.39 is 6.55 Å². The summed E-state index contributed by atoms with van der Waals surface area (Å²) in [4.78, 5) is 11.2. The molecule has 0 bridgehead atoms. The van der Waals surface area contributed by atoms with Crippen LogP contribution >= 0.6 is 23.3 Å². The van der Waals surface area contributed by atoms with Gasteiger partial charge in [0.2, 0.25) is 0 Å². The van der Waals surface area contributed by atoms with Gasteiger partial charge in [0.05, 0.1) is 12.3 Å². The highest BCUT2D eigenvalue weighted by molar-refractivity contribution is 7.98. The molecule has 4 rings (SSSR count). The molecule has 6 nitrogen and oxygen atoms in total. The predicted octanol–water partition coefficient (Wildman–Crippen LogP) is 2.98. The number of alkyl halides is 2. The van der Waals surface area contributed by atoms with Gasteiger partial charge >= 0.3 is 6.55 Å². The van der Waals surface area contributed by atoms with E-state index in [4.69, 9.17) is 5.41 Å². The van der Waals surface area contributed by atoms with Crippen LogP contribution in [0.3, 0.4) is 0 Å². The van der Waals surface area contributed by atoms with E-state index in [1.807, 2.05) is 10.7 Å². The van der Waals surface area contributed by atoms with E-state index >= 15 is 0 Å². The molecule has 0 amide bonds. The van der Waals surface area contributed by atoms with Crippen LogP contribution in [0.1, 0.15) is 24.3 Å². The molecule has 1 aromatic rings. The van der Waals surface area contributed by atoms with Crippen LogP contribution in [0.5, 0.6) is 0 Å². The van der Waals surface area contributed by atoms with Crippen molar-refractivity contribution in [3.8, 4) is 0 Å². The molecule has 1 aromatic heterocycles. The number of hydrogen-bond acceptors (Lipinski definition) is 8. The Morgan fingerprint density at radius 3 is 3.00 bits per heavy atom. The molecule has 144 valence electrons. The molecule has 1 aliphatic carbocycles. The molecule has 1 saturated carbocycles. The second kappa shape index (κ2) is 8.07. The summed E-state index contributed by atoms with van der Waals surface area (Å²) in [7, 11) is 0. The van der Waals surface area contributed by atoms with Crippen LogP contribution in [0.25, 0.3) is 0 Å². The Bertz CT molecular complexity index is 785. The van der Waals surface area contributed by atoms with Crippen LogP contribution in [0.2, 0.25) is 0 Å². The van der Waals surface area contributed by atoms with Gasteiger partial charge in [0.25, 0.3) is 0 Å². The highest BCUT2D eigenvalue weighted by Gasteiger charge is 2.36. The van der Waals surface area contributed by atoms with Gasteiger partial charge < -0.3 is 15.6 Å². The van der Waals surface area contributed by atoms with Gasteiger partial charge in [-0.25, -0.2) is 4.98 Å². The number of fused-ring (bicyclic) bond motifs is 1. The number of nitrogens with one attached hydrogen (secondary N) is 3. The number of halogens is 2. The zero-order valence-electron chi connectivity index (χ0n) is 14.5. The van der Waals surface area contributed by atoms with E-state index in [-0.39, 0.29) is 11.8 Å². The lowest BCUT2D eigenvalue weighted by atomic mass is 10.0. The molecule has 2 aliphatic heterocycles. The lowest BCUT2D eigenvalue weighted by Crippen LogP contribution is -2.35. The van der Waals surface area contributed by atoms with Gasteiger partial charge in [0.15, 0.2) is 10.8 Å². The van der Waals surface area contributed by atoms with Gasteiger partial charge in [-0.15, -0.1) is 11.3 Å². The number of hydrogen-bond donors (Lipinski definition) is 3. The molecule has 0 aromatic carbocycles. The van der Waals surface area contributed by atoms with Crippen LogP contribution in [-0.2, 0) is 0 Å². The zero-order chi connectivity index (χ0) is 18.8. The largest absolute Gasteiger partial charge is 0.336 e. The van der Waals surface area contributed by atoms with Gasteiger partial charge in [0, 0.05) is 53.3 Å². The lowest BCUT2D eigenvalue weighted by molar-refractivity contribution is 0.125. The molecule has 3 aliphatic rings. The zero-order valence-corrected chi connectivity index (χ0v) is 16.1. The third-order valence-corrected chi connectivity index (χ3v) is 6.55. The molecule has 3 heterocycles. The van der Waals surface area contributed by atoms with E-state index in [1.165, 1.54) is 18.9 Å². The average molecular weight is 411 g/mol. The highest BCUT2D eigenvalue weighted by atomic mass is 32.2. The first-order chi connectivity index (χ1) is 13.1. The van der Waals surface area contributed by atoms with E-state index in [9.17, 15) is 8.78 Å². The minimum Gasteiger partial charge on any atom is -0.336 e. The van der Waals surface area contributed by atoms with Crippen LogP contribution in [0, 0.1) is 5.41 Å². The van der Waals surface area contributed by atoms with E-state index in [1.54, 1.807) is 29.5 Å². The Kier molecular flexibility index (Phi) is 5.55.